The van der Waals surface area contributed by atoms with Crippen molar-refractivity contribution in [1.82, 2.24) is 4.98 Å². The molecule has 0 amide bonds. The summed E-state index contributed by atoms with van der Waals surface area (Å²) < 4.78 is 2.26. The minimum Gasteiger partial charge on any atom is -0.256 e. The summed E-state index contributed by atoms with van der Waals surface area (Å²) >= 11 is 0. The van der Waals surface area contributed by atoms with E-state index in [1.165, 1.54) is 37.7 Å². The number of aromatic nitrogens is 2. The van der Waals surface area contributed by atoms with Crippen molar-refractivity contribution in [2.75, 3.05) is 0 Å². The Morgan fingerprint density at radius 1 is 0.947 bits per heavy atom. The molecule has 0 aromatic carbocycles. The molecule has 2 nitrogen and oxygen atoms in total. The lowest BCUT2D eigenvalue weighted by atomic mass is 10.1. The van der Waals surface area contributed by atoms with Crippen molar-refractivity contribution < 1.29 is 4.57 Å². The monoisotopic (exact) mass is 255 g/mol. The Labute approximate surface area is 116 Å². The van der Waals surface area contributed by atoms with Crippen molar-refractivity contribution in [2.24, 2.45) is 0 Å². The molecule has 19 heavy (non-hydrogen) atoms. The van der Waals surface area contributed by atoms with E-state index in [9.17, 15) is 0 Å². The van der Waals surface area contributed by atoms with E-state index in [0.29, 0.717) is 0 Å². The predicted molar refractivity (Wildman–Crippen MR) is 78.6 cm³/mol. The summed E-state index contributed by atoms with van der Waals surface area (Å²) in [6.07, 6.45) is 12.8. The fourth-order valence-electron chi connectivity index (χ4n) is 2.21. The molecule has 2 aromatic rings. The normalized spacial score (nSPS) is 10.6. The zero-order chi connectivity index (χ0) is 13.3. The second kappa shape index (κ2) is 7.67. The molecule has 0 saturated carbocycles. The predicted octanol–water partition coefficient (Wildman–Crippen LogP) is 4.01. The van der Waals surface area contributed by atoms with E-state index < -0.39 is 0 Å². The molecule has 100 valence electrons. The van der Waals surface area contributed by atoms with Crippen LogP contribution in [-0.4, -0.2) is 4.98 Å². The van der Waals surface area contributed by atoms with Crippen molar-refractivity contribution in [3.8, 4) is 11.3 Å². The summed E-state index contributed by atoms with van der Waals surface area (Å²) in [6.45, 7) is 3.37. The van der Waals surface area contributed by atoms with Crippen molar-refractivity contribution in [3.63, 3.8) is 0 Å². The van der Waals surface area contributed by atoms with Crippen molar-refractivity contribution in [2.45, 2.75) is 45.6 Å². The molecule has 0 unspecified atom stereocenters. The van der Waals surface area contributed by atoms with Crippen LogP contribution in [0.5, 0.6) is 0 Å². The summed E-state index contributed by atoms with van der Waals surface area (Å²) in [4.78, 5) is 4.37. The highest BCUT2D eigenvalue weighted by atomic mass is 14.9. The number of unbranched alkanes of at least 4 members (excludes halogenated alkanes) is 4. The van der Waals surface area contributed by atoms with Gasteiger partial charge in [-0.1, -0.05) is 32.3 Å². The molecule has 0 saturated heterocycles. The lowest BCUT2D eigenvalue weighted by Crippen LogP contribution is -2.32. The molecule has 0 aliphatic heterocycles. The van der Waals surface area contributed by atoms with Gasteiger partial charge in [0.25, 0.3) is 0 Å². The van der Waals surface area contributed by atoms with Crippen LogP contribution in [-0.2, 0) is 6.54 Å². The molecule has 0 aliphatic carbocycles. The van der Waals surface area contributed by atoms with Gasteiger partial charge < -0.3 is 0 Å². The quantitative estimate of drug-likeness (QED) is 0.539. The number of hydrogen-bond donors (Lipinski definition) is 0. The Hall–Kier alpha value is -1.70. The molecule has 0 N–H and O–H groups in total. The van der Waals surface area contributed by atoms with E-state index in [-0.39, 0.29) is 0 Å². The molecule has 0 fully saturated rings. The fourth-order valence-corrected chi connectivity index (χ4v) is 2.21. The highest BCUT2D eigenvalue weighted by molar-refractivity contribution is 5.56. The van der Waals surface area contributed by atoms with Crippen molar-refractivity contribution in [3.05, 3.63) is 48.9 Å². The van der Waals surface area contributed by atoms with Gasteiger partial charge in [0.2, 0.25) is 0 Å². The van der Waals surface area contributed by atoms with Gasteiger partial charge in [0.1, 0.15) is 6.54 Å². The molecule has 0 aliphatic rings. The first-order valence-electron chi connectivity index (χ1n) is 7.30. The van der Waals surface area contributed by atoms with Gasteiger partial charge in [-0.2, -0.15) is 0 Å². The smallest absolute Gasteiger partial charge is 0.169 e. The number of hydrogen-bond acceptors (Lipinski definition) is 1. The van der Waals surface area contributed by atoms with Gasteiger partial charge in [0.15, 0.2) is 12.4 Å². The maximum absolute atomic E-state index is 4.37. The summed E-state index contributed by atoms with van der Waals surface area (Å²) in [7, 11) is 0. The first-order chi connectivity index (χ1) is 9.40. The first-order valence-corrected chi connectivity index (χ1v) is 7.30. The van der Waals surface area contributed by atoms with Crippen LogP contribution in [0.15, 0.2) is 48.9 Å². The van der Waals surface area contributed by atoms with Crippen LogP contribution in [0.25, 0.3) is 11.3 Å². The van der Waals surface area contributed by atoms with E-state index in [2.05, 4.69) is 41.0 Å². The highest BCUT2D eigenvalue weighted by Gasteiger charge is 2.03. The number of aryl methyl sites for hydroxylation is 1. The SMILES string of the molecule is CCCCCCC[n+]1ccc(-c2ccccn2)cc1. The lowest BCUT2D eigenvalue weighted by molar-refractivity contribution is -0.697. The standard InChI is InChI=1S/C17H23N2/c1-2-3-4-5-8-13-19-14-10-16(11-15-19)17-9-6-7-12-18-17/h6-7,9-12,14-15H,2-5,8,13H2,1H3/q+1. The van der Waals surface area contributed by atoms with Gasteiger partial charge in [0.05, 0.1) is 5.69 Å². The number of pyridine rings is 2. The number of nitrogens with zero attached hydrogens (tertiary/aromatic N) is 2. The van der Waals surface area contributed by atoms with Gasteiger partial charge >= 0.3 is 0 Å². The van der Waals surface area contributed by atoms with Gasteiger partial charge in [-0.05, 0) is 18.6 Å². The Morgan fingerprint density at radius 3 is 2.42 bits per heavy atom. The highest BCUT2D eigenvalue weighted by Crippen LogP contribution is 2.13. The zero-order valence-corrected chi connectivity index (χ0v) is 11.8. The maximum Gasteiger partial charge on any atom is 0.169 e. The molecule has 0 bridgehead atoms. The van der Waals surface area contributed by atoms with Gasteiger partial charge in [-0.25, -0.2) is 4.57 Å². The molecule has 2 heterocycles. The van der Waals surface area contributed by atoms with Gasteiger partial charge in [0, 0.05) is 30.3 Å². The van der Waals surface area contributed by atoms with Crippen molar-refractivity contribution in [1.29, 1.82) is 0 Å². The third-order valence-electron chi connectivity index (χ3n) is 3.37. The van der Waals surface area contributed by atoms with Crippen LogP contribution in [0, 0.1) is 0 Å². The van der Waals surface area contributed by atoms with E-state index >= 15 is 0 Å². The second-order valence-corrected chi connectivity index (χ2v) is 4.95. The van der Waals surface area contributed by atoms with Gasteiger partial charge in [-0.3, -0.25) is 4.98 Å². The van der Waals surface area contributed by atoms with E-state index in [1.54, 1.807) is 0 Å². The number of rotatable bonds is 7. The largest absolute Gasteiger partial charge is 0.256 e. The topological polar surface area (TPSA) is 16.8 Å². The summed E-state index contributed by atoms with van der Waals surface area (Å²) in [5, 5.41) is 0. The Morgan fingerprint density at radius 2 is 1.74 bits per heavy atom. The lowest BCUT2D eigenvalue weighted by Gasteiger charge is -2.00. The molecule has 2 heteroatoms. The van der Waals surface area contributed by atoms with E-state index in [0.717, 1.165) is 12.2 Å². The minimum absolute atomic E-state index is 1.04. The van der Waals surface area contributed by atoms with E-state index in [1.807, 2.05) is 24.4 Å². The molecule has 0 atom stereocenters. The van der Waals surface area contributed by atoms with Crippen LogP contribution >= 0.6 is 0 Å². The summed E-state index contributed by atoms with van der Waals surface area (Å²) in [6, 6.07) is 10.3. The molecule has 2 aromatic heterocycles. The van der Waals surface area contributed by atoms with Crippen LogP contribution in [0.3, 0.4) is 0 Å². The van der Waals surface area contributed by atoms with Crippen LogP contribution < -0.4 is 4.57 Å². The average molecular weight is 255 g/mol. The Kier molecular flexibility index (Phi) is 5.54. The maximum atomic E-state index is 4.37. The minimum atomic E-state index is 1.04. The third kappa shape index (κ3) is 4.47. The summed E-state index contributed by atoms with van der Waals surface area (Å²) in [5.41, 5.74) is 2.22. The zero-order valence-electron chi connectivity index (χ0n) is 11.8. The molecule has 2 rings (SSSR count). The fraction of sp³-hybridized carbons (Fsp3) is 0.412. The second-order valence-electron chi connectivity index (χ2n) is 4.95. The van der Waals surface area contributed by atoms with Gasteiger partial charge in [-0.15, -0.1) is 0 Å². The molecular formula is C17H23N2+. The Balaban J connectivity index is 1.85. The van der Waals surface area contributed by atoms with Crippen molar-refractivity contribution >= 4 is 0 Å². The van der Waals surface area contributed by atoms with Crippen LogP contribution in [0.2, 0.25) is 0 Å². The molecular weight excluding hydrogens is 232 g/mol. The third-order valence-corrected chi connectivity index (χ3v) is 3.37. The molecule has 0 spiro atoms. The summed E-state index contributed by atoms with van der Waals surface area (Å²) in [5.74, 6) is 0. The Bertz CT molecular complexity index is 462. The van der Waals surface area contributed by atoms with Crippen LogP contribution in [0.4, 0.5) is 0 Å². The van der Waals surface area contributed by atoms with Crippen LogP contribution in [0.1, 0.15) is 39.0 Å². The average Bonchev–Trinajstić information content (AvgIpc) is 2.49. The first kappa shape index (κ1) is 13.7. The molecule has 0 radical (unpaired) electrons. The van der Waals surface area contributed by atoms with E-state index in [4.69, 9.17) is 0 Å².